The van der Waals surface area contributed by atoms with E-state index in [1.165, 1.54) is 12.7 Å². The van der Waals surface area contributed by atoms with Crippen molar-refractivity contribution in [3.63, 3.8) is 0 Å². The van der Waals surface area contributed by atoms with Crippen LogP contribution < -0.4 is 19.8 Å². The Morgan fingerprint density at radius 2 is 2.00 bits per heavy atom. The number of nitrogens with one attached hydrogen (secondary N) is 2. The number of rotatable bonds is 7. The van der Waals surface area contributed by atoms with E-state index < -0.39 is 10.0 Å². The largest absolute Gasteiger partial charge is 0.369 e. The molecule has 1 fully saturated rings. The van der Waals surface area contributed by atoms with Gasteiger partial charge in [-0.3, -0.25) is 4.31 Å². The van der Waals surface area contributed by atoms with E-state index in [2.05, 4.69) is 45.6 Å². The molecule has 0 saturated carbocycles. The summed E-state index contributed by atoms with van der Waals surface area (Å²) < 4.78 is 27.6. The van der Waals surface area contributed by atoms with Crippen LogP contribution in [0.4, 0.5) is 23.0 Å². The van der Waals surface area contributed by atoms with Crippen molar-refractivity contribution in [3.05, 3.63) is 72.1 Å². The summed E-state index contributed by atoms with van der Waals surface area (Å²) in [5.74, 6) is 0.459. The van der Waals surface area contributed by atoms with Gasteiger partial charge in [-0.25, -0.2) is 13.4 Å². The van der Waals surface area contributed by atoms with E-state index in [9.17, 15) is 13.7 Å². The number of hydrogen-bond acceptors (Lipinski definition) is 8. The van der Waals surface area contributed by atoms with Gasteiger partial charge < -0.3 is 20.1 Å². The van der Waals surface area contributed by atoms with E-state index in [0.717, 1.165) is 41.3 Å². The van der Waals surface area contributed by atoms with Crippen LogP contribution in [0.3, 0.4) is 0 Å². The van der Waals surface area contributed by atoms with Crippen LogP contribution in [0.15, 0.2) is 60.9 Å². The van der Waals surface area contributed by atoms with E-state index in [0.29, 0.717) is 41.0 Å². The van der Waals surface area contributed by atoms with Gasteiger partial charge in [0.25, 0.3) is 0 Å². The van der Waals surface area contributed by atoms with Crippen molar-refractivity contribution in [1.29, 1.82) is 5.26 Å². The van der Waals surface area contributed by atoms with Crippen molar-refractivity contribution in [1.82, 2.24) is 19.9 Å². The van der Waals surface area contributed by atoms with E-state index >= 15 is 0 Å². The number of piperazine rings is 1. The maximum absolute atomic E-state index is 12.3. The minimum absolute atomic E-state index is 0.294. The highest BCUT2D eigenvalue weighted by Gasteiger charge is 2.21. The average Bonchev–Trinajstić information content (AvgIpc) is 3.30. The summed E-state index contributed by atoms with van der Waals surface area (Å²) in [7, 11) is -2.10. The highest BCUT2D eigenvalue weighted by atomic mass is 32.2. The molecule has 0 radical (unpaired) electrons. The number of benzene rings is 2. The average molecular weight is 531 g/mol. The fourth-order valence-electron chi connectivity index (χ4n) is 4.74. The Morgan fingerprint density at radius 3 is 2.71 bits per heavy atom. The van der Waals surface area contributed by atoms with Gasteiger partial charge in [0.15, 0.2) is 0 Å². The van der Waals surface area contributed by atoms with Crippen LogP contribution in [0, 0.1) is 11.3 Å². The zero-order valence-corrected chi connectivity index (χ0v) is 22.4. The lowest BCUT2D eigenvalue weighted by Gasteiger charge is -2.33. The monoisotopic (exact) mass is 530 g/mol. The molecule has 1 aliphatic rings. The van der Waals surface area contributed by atoms with Gasteiger partial charge in [0, 0.05) is 61.9 Å². The molecule has 4 aromatic rings. The summed E-state index contributed by atoms with van der Waals surface area (Å²) >= 11 is 0. The van der Waals surface area contributed by atoms with Gasteiger partial charge in [0.1, 0.15) is 11.7 Å². The fourth-order valence-corrected chi connectivity index (χ4v) is 5.29. The second-order valence-electron chi connectivity index (χ2n) is 9.54. The molecule has 1 atom stereocenters. The van der Waals surface area contributed by atoms with Gasteiger partial charge in [-0.15, -0.1) is 0 Å². The number of aromatic nitrogens is 3. The summed E-state index contributed by atoms with van der Waals surface area (Å²) in [6, 6.07) is 17.9. The van der Waals surface area contributed by atoms with E-state index in [1.807, 2.05) is 35.0 Å². The summed E-state index contributed by atoms with van der Waals surface area (Å²) in [5, 5.41) is 17.2. The third-order valence-corrected chi connectivity index (χ3v) is 7.93. The lowest BCUT2D eigenvalue weighted by Crippen LogP contribution is -2.49. The van der Waals surface area contributed by atoms with Gasteiger partial charge in [0.05, 0.1) is 24.1 Å². The van der Waals surface area contributed by atoms with Crippen molar-refractivity contribution in [3.8, 4) is 6.07 Å². The Labute approximate surface area is 222 Å². The van der Waals surface area contributed by atoms with Crippen molar-refractivity contribution >= 4 is 44.1 Å². The van der Waals surface area contributed by atoms with Crippen molar-refractivity contribution in [2.75, 3.05) is 47.5 Å². The third kappa shape index (κ3) is 5.27. The van der Waals surface area contributed by atoms with Gasteiger partial charge in [-0.1, -0.05) is 12.1 Å². The minimum atomic E-state index is -3.56. The molecule has 2 N–H and O–H groups in total. The Morgan fingerprint density at radius 1 is 1.21 bits per heavy atom. The number of nitrogens with zero attached hydrogens (tertiary/aromatic N) is 6. The second-order valence-corrected chi connectivity index (χ2v) is 11.6. The first kappa shape index (κ1) is 25.5. The molecule has 5 rings (SSSR count). The highest BCUT2D eigenvalue weighted by molar-refractivity contribution is 7.92. The molecular weight excluding hydrogens is 500 g/mol. The van der Waals surface area contributed by atoms with Crippen LogP contribution in [0.2, 0.25) is 0 Å². The van der Waals surface area contributed by atoms with Gasteiger partial charge in [-0.05, 0) is 48.9 Å². The SMILES string of the molecule is C[C@@H]1CN(c2ccc(Nc3ncc4ccn(Cc5cccc(C#N)c5N(C)S(C)(=O)=O)c4n3)cc2)CCN1. The number of hydrogen-bond donors (Lipinski definition) is 2. The Hall–Kier alpha value is -4.14. The molecule has 2 aromatic carbocycles. The first-order valence-corrected chi connectivity index (χ1v) is 14.2. The molecule has 2 aromatic heterocycles. The van der Waals surface area contributed by atoms with Crippen LogP contribution in [-0.4, -0.2) is 61.9 Å². The molecule has 0 aliphatic carbocycles. The molecule has 0 unspecified atom stereocenters. The molecule has 11 heteroatoms. The zero-order valence-electron chi connectivity index (χ0n) is 21.6. The lowest BCUT2D eigenvalue weighted by atomic mass is 10.1. The molecule has 10 nitrogen and oxygen atoms in total. The van der Waals surface area contributed by atoms with Crippen molar-refractivity contribution < 1.29 is 8.42 Å². The standard InChI is InChI=1S/C27H30N8O2S/c1-19-17-34(14-12-29-19)24-9-7-23(8-10-24)31-27-30-16-21-11-13-35(26(21)32-27)18-22-6-4-5-20(15-28)25(22)33(2)38(3,36)37/h4-11,13,16,19,29H,12,14,17-18H2,1-3H3,(H,30,31,32)/t19-/m1/s1. The molecule has 0 spiro atoms. The maximum Gasteiger partial charge on any atom is 0.232 e. The molecule has 0 bridgehead atoms. The zero-order chi connectivity index (χ0) is 26.9. The maximum atomic E-state index is 12.3. The number of fused-ring (bicyclic) bond motifs is 1. The Balaban J connectivity index is 1.40. The first-order chi connectivity index (χ1) is 18.2. The minimum Gasteiger partial charge on any atom is -0.369 e. The molecule has 3 heterocycles. The fraction of sp³-hybridized carbons (Fsp3) is 0.296. The first-order valence-electron chi connectivity index (χ1n) is 12.4. The predicted octanol–water partition coefficient (Wildman–Crippen LogP) is 3.29. The Kier molecular flexibility index (Phi) is 6.93. The van der Waals surface area contributed by atoms with Gasteiger partial charge in [0.2, 0.25) is 16.0 Å². The predicted molar refractivity (Wildman–Crippen MR) is 150 cm³/mol. The van der Waals surface area contributed by atoms with Crippen LogP contribution in [-0.2, 0) is 16.6 Å². The Bertz CT molecular complexity index is 1610. The van der Waals surface area contributed by atoms with Crippen LogP contribution in [0.25, 0.3) is 11.0 Å². The van der Waals surface area contributed by atoms with Crippen LogP contribution >= 0.6 is 0 Å². The molecule has 1 aliphatic heterocycles. The second kappa shape index (κ2) is 10.3. The summed E-state index contributed by atoms with van der Waals surface area (Å²) in [4.78, 5) is 11.6. The van der Waals surface area contributed by atoms with Crippen molar-refractivity contribution in [2.45, 2.75) is 19.5 Å². The lowest BCUT2D eigenvalue weighted by molar-refractivity contribution is 0.485. The number of para-hydroxylation sites is 1. The van der Waals surface area contributed by atoms with Crippen molar-refractivity contribution in [2.24, 2.45) is 0 Å². The number of nitriles is 1. The van der Waals surface area contributed by atoms with E-state index in [4.69, 9.17) is 4.98 Å². The topological polar surface area (TPSA) is 119 Å². The molecule has 0 amide bonds. The quantitative estimate of drug-likeness (QED) is 0.374. The normalized spacial score (nSPS) is 15.8. The van der Waals surface area contributed by atoms with Gasteiger partial charge in [-0.2, -0.15) is 10.2 Å². The summed E-state index contributed by atoms with van der Waals surface area (Å²) in [6.45, 7) is 5.45. The molecule has 38 heavy (non-hydrogen) atoms. The summed E-state index contributed by atoms with van der Waals surface area (Å²) in [5.41, 5.74) is 4.12. The van der Waals surface area contributed by atoms with E-state index in [1.54, 1.807) is 18.3 Å². The van der Waals surface area contributed by atoms with Gasteiger partial charge >= 0.3 is 0 Å². The molecule has 196 valence electrons. The molecular formula is C27H30N8O2S. The smallest absolute Gasteiger partial charge is 0.232 e. The number of sulfonamides is 1. The molecule has 1 saturated heterocycles. The van der Waals surface area contributed by atoms with Crippen LogP contribution in [0.5, 0.6) is 0 Å². The number of anilines is 4. The van der Waals surface area contributed by atoms with Crippen LogP contribution in [0.1, 0.15) is 18.1 Å². The summed E-state index contributed by atoms with van der Waals surface area (Å²) in [6.07, 6.45) is 4.76. The third-order valence-electron chi connectivity index (χ3n) is 6.75. The van der Waals surface area contributed by atoms with E-state index in [-0.39, 0.29) is 0 Å². The highest BCUT2D eigenvalue weighted by Crippen LogP contribution is 2.28.